The number of hydrogen-bond donors (Lipinski definition) is 1. The van der Waals surface area contributed by atoms with E-state index in [0.29, 0.717) is 14.9 Å². The molecule has 0 saturated heterocycles. The van der Waals surface area contributed by atoms with Gasteiger partial charge in [0.05, 0.1) is 11.2 Å². The Balaban J connectivity index is 3.34. The standard InChI is InChI=1S/C4H2Cl2N2S/c5-2-1-7-4(9)8-3(2)6/h1H,(H,7,8,9). The molecule has 0 aliphatic rings. The van der Waals surface area contributed by atoms with Crippen molar-refractivity contribution in [3.63, 3.8) is 0 Å². The van der Waals surface area contributed by atoms with Crippen LogP contribution in [0.3, 0.4) is 0 Å². The Kier molecular flexibility index (Phi) is 2.05. The lowest BCUT2D eigenvalue weighted by Gasteiger charge is -1.90. The molecule has 0 radical (unpaired) electrons. The van der Waals surface area contributed by atoms with Gasteiger partial charge in [-0.1, -0.05) is 23.2 Å². The number of aromatic amines is 1. The second-order valence-electron chi connectivity index (χ2n) is 1.35. The Morgan fingerprint density at radius 3 is 2.67 bits per heavy atom. The van der Waals surface area contributed by atoms with Crippen LogP contribution in [-0.2, 0) is 0 Å². The molecule has 0 saturated carbocycles. The Labute approximate surface area is 66.8 Å². The minimum atomic E-state index is 0.330. The SMILES string of the molecule is S=c1ncc(Cl)c(Cl)[nH]1. The fourth-order valence-electron chi connectivity index (χ4n) is 0.358. The highest BCUT2D eigenvalue weighted by Crippen LogP contribution is 2.15. The van der Waals surface area contributed by atoms with Crippen LogP contribution < -0.4 is 0 Å². The molecule has 0 aliphatic carbocycles. The summed E-state index contributed by atoms with van der Waals surface area (Å²) in [5, 5.41) is 0.710. The van der Waals surface area contributed by atoms with Gasteiger partial charge in [-0.2, -0.15) is 0 Å². The Morgan fingerprint density at radius 2 is 2.22 bits per heavy atom. The zero-order valence-electron chi connectivity index (χ0n) is 4.19. The van der Waals surface area contributed by atoms with E-state index in [1.54, 1.807) is 0 Å². The molecule has 0 unspecified atom stereocenters. The highest BCUT2D eigenvalue weighted by atomic mass is 35.5. The lowest BCUT2D eigenvalue weighted by molar-refractivity contribution is 1.13. The molecule has 1 N–H and O–H groups in total. The van der Waals surface area contributed by atoms with Gasteiger partial charge < -0.3 is 4.98 Å². The molecule has 0 amide bonds. The van der Waals surface area contributed by atoms with Crippen LogP contribution in [0.25, 0.3) is 0 Å². The summed E-state index contributed by atoms with van der Waals surface area (Å²) < 4.78 is 0.337. The van der Waals surface area contributed by atoms with Crippen molar-refractivity contribution >= 4 is 35.4 Å². The summed E-state index contributed by atoms with van der Waals surface area (Å²) >= 11 is 15.7. The summed E-state index contributed by atoms with van der Waals surface area (Å²) in [6, 6.07) is 0. The van der Waals surface area contributed by atoms with Crippen LogP contribution in [0.15, 0.2) is 6.20 Å². The van der Waals surface area contributed by atoms with Crippen molar-refractivity contribution in [3.05, 3.63) is 21.1 Å². The second-order valence-corrected chi connectivity index (χ2v) is 2.52. The molecule has 0 fully saturated rings. The van der Waals surface area contributed by atoms with Gasteiger partial charge in [-0.3, -0.25) is 0 Å². The van der Waals surface area contributed by atoms with Gasteiger partial charge in [0, 0.05) is 0 Å². The highest BCUT2D eigenvalue weighted by Gasteiger charge is 1.93. The molecule has 1 aromatic rings. The van der Waals surface area contributed by atoms with Crippen LogP contribution in [0.5, 0.6) is 0 Å². The first-order valence-corrected chi connectivity index (χ1v) is 3.27. The summed E-state index contributed by atoms with van der Waals surface area (Å²) in [6.07, 6.45) is 1.41. The van der Waals surface area contributed by atoms with Crippen LogP contribution >= 0.6 is 35.4 Å². The van der Waals surface area contributed by atoms with Crippen LogP contribution in [0.4, 0.5) is 0 Å². The van der Waals surface area contributed by atoms with Gasteiger partial charge in [0.2, 0.25) is 0 Å². The first-order valence-electron chi connectivity index (χ1n) is 2.10. The second kappa shape index (κ2) is 2.64. The Bertz CT molecular complexity index is 270. The van der Waals surface area contributed by atoms with E-state index in [2.05, 4.69) is 22.2 Å². The first kappa shape index (κ1) is 6.99. The van der Waals surface area contributed by atoms with E-state index >= 15 is 0 Å². The minimum absolute atomic E-state index is 0.330. The molecule has 0 spiro atoms. The van der Waals surface area contributed by atoms with Gasteiger partial charge in [0.15, 0.2) is 4.77 Å². The fourth-order valence-corrected chi connectivity index (χ4v) is 0.803. The van der Waals surface area contributed by atoms with Gasteiger partial charge in [0.25, 0.3) is 0 Å². The van der Waals surface area contributed by atoms with Crippen molar-refractivity contribution in [3.8, 4) is 0 Å². The maximum atomic E-state index is 5.52. The summed E-state index contributed by atoms with van der Waals surface area (Å²) in [6.45, 7) is 0. The van der Waals surface area contributed by atoms with Crippen molar-refractivity contribution in [2.24, 2.45) is 0 Å². The van der Waals surface area contributed by atoms with Crippen LogP contribution in [0.2, 0.25) is 10.2 Å². The lowest BCUT2D eigenvalue weighted by atomic mass is 10.7. The predicted molar refractivity (Wildman–Crippen MR) is 39.4 cm³/mol. The molecule has 1 aromatic heterocycles. The minimum Gasteiger partial charge on any atom is -0.320 e. The molecule has 0 bridgehead atoms. The number of H-pyrrole nitrogens is 1. The van der Waals surface area contributed by atoms with Gasteiger partial charge in [-0.25, -0.2) is 4.98 Å². The molecular weight excluding hydrogens is 179 g/mol. The van der Waals surface area contributed by atoms with Crippen molar-refractivity contribution in [1.29, 1.82) is 0 Å². The molecule has 0 atom stereocenters. The van der Waals surface area contributed by atoms with Gasteiger partial charge in [-0.15, -0.1) is 0 Å². The first-order chi connectivity index (χ1) is 4.20. The molecule has 9 heavy (non-hydrogen) atoms. The van der Waals surface area contributed by atoms with E-state index in [1.807, 2.05) is 0 Å². The third-order valence-electron chi connectivity index (χ3n) is 0.722. The number of nitrogens with zero attached hydrogens (tertiary/aromatic N) is 1. The van der Waals surface area contributed by atoms with Crippen LogP contribution in [-0.4, -0.2) is 9.97 Å². The summed E-state index contributed by atoms with van der Waals surface area (Å²) in [5.74, 6) is 0. The van der Waals surface area contributed by atoms with E-state index in [4.69, 9.17) is 23.2 Å². The Hall–Kier alpha value is -0.120. The summed E-state index contributed by atoms with van der Waals surface area (Å²) in [4.78, 5) is 6.26. The molecule has 5 heteroatoms. The van der Waals surface area contributed by atoms with Crippen molar-refractivity contribution in [2.45, 2.75) is 0 Å². The largest absolute Gasteiger partial charge is 0.320 e. The summed E-state index contributed by atoms with van der Waals surface area (Å²) in [5.41, 5.74) is 0. The van der Waals surface area contributed by atoms with E-state index < -0.39 is 0 Å². The highest BCUT2D eigenvalue weighted by molar-refractivity contribution is 7.71. The molecular formula is C4H2Cl2N2S. The van der Waals surface area contributed by atoms with E-state index in [1.165, 1.54) is 6.20 Å². The summed E-state index contributed by atoms with van der Waals surface area (Å²) in [7, 11) is 0. The molecule has 48 valence electrons. The van der Waals surface area contributed by atoms with Crippen LogP contribution in [0.1, 0.15) is 0 Å². The zero-order valence-corrected chi connectivity index (χ0v) is 6.52. The average Bonchev–Trinajstić information content (AvgIpc) is 1.80. The third-order valence-corrected chi connectivity index (χ3v) is 1.61. The lowest BCUT2D eigenvalue weighted by Crippen LogP contribution is -1.80. The molecule has 1 heterocycles. The monoisotopic (exact) mass is 180 g/mol. The molecule has 0 aromatic carbocycles. The number of hydrogen-bond acceptors (Lipinski definition) is 2. The fraction of sp³-hybridized carbons (Fsp3) is 0. The number of rotatable bonds is 0. The molecule has 2 nitrogen and oxygen atoms in total. The number of halogens is 2. The topological polar surface area (TPSA) is 28.7 Å². The van der Waals surface area contributed by atoms with Crippen LogP contribution in [0, 0.1) is 4.77 Å². The normalized spacial score (nSPS) is 9.56. The molecule has 0 aliphatic heterocycles. The quantitative estimate of drug-likeness (QED) is 0.491. The van der Waals surface area contributed by atoms with E-state index in [9.17, 15) is 0 Å². The third kappa shape index (κ3) is 1.64. The van der Waals surface area contributed by atoms with Crippen molar-refractivity contribution < 1.29 is 0 Å². The van der Waals surface area contributed by atoms with Crippen molar-refractivity contribution in [1.82, 2.24) is 9.97 Å². The zero-order chi connectivity index (χ0) is 6.85. The Morgan fingerprint density at radius 1 is 1.56 bits per heavy atom. The maximum absolute atomic E-state index is 5.52. The number of nitrogens with one attached hydrogen (secondary N) is 1. The predicted octanol–water partition coefficient (Wildman–Crippen LogP) is 2.45. The average molecular weight is 181 g/mol. The van der Waals surface area contributed by atoms with Gasteiger partial charge in [-0.05, 0) is 12.2 Å². The van der Waals surface area contributed by atoms with Crippen molar-refractivity contribution in [2.75, 3.05) is 0 Å². The van der Waals surface area contributed by atoms with E-state index in [-0.39, 0.29) is 0 Å². The molecule has 1 rings (SSSR count). The van der Waals surface area contributed by atoms with E-state index in [0.717, 1.165) is 0 Å². The van der Waals surface area contributed by atoms with Gasteiger partial charge in [0.1, 0.15) is 5.15 Å². The number of aromatic nitrogens is 2. The van der Waals surface area contributed by atoms with Gasteiger partial charge >= 0.3 is 0 Å². The maximum Gasteiger partial charge on any atom is 0.197 e. The smallest absolute Gasteiger partial charge is 0.197 e.